The molecule has 3 rings (SSSR count). The number of nitriles is 1. The summed E-state index contributed by atoms with van der Waals surface area (Å²) in [5, 5.41) is 9.31. The predicted octanol–water partition coefficient (Wildman–Crippen LogP) is 1.50. The Balaban J connectivity index is 1.89. The largest absolute Gasteiger partial charge is 0.283 e. The van der Waals surface area contributed by atoms with Gasteiger partial charge in [0.05, 0.1) is 6.07 Å². The Labute approximate surface area is 130 Å². The van der Waals surface area contributed by atoms with Gasteiger partial charge >= 0.3 is 0 Å². The lowest BCUT2D eigenvalue weighted by Crippen LogP contribution is -2.54. The Kier molecular flexibility index (Phi) is 3.93. The van der Waals surface area contributed by atoms with Gasteiger partial charge in [-0.15, -0.1) is 0 Å². The lowest BCUT2D eigenvalue weighted by molar-refractivity contribution is 0.141. The van der Waals surface area contributed by atoms with Crippen molar-refractivity contribution in [2.45, 2.75) is 36.7 Å². The van der Waals surface area contributed by atoms with Gasteiger partial charge in [0.15, 0.2) is 0 Å². The second kappa shape index (κ2) is 5.61. The SMILES string of the molecule is Cc1cccc(F)c1S(=O)(=O)N1CCN(C2CC2)C(C#N)C1. The number of piperazine rings is 1. The number of nitrogens with zero attached hydrogens (tertiary/aromatic N) is 3. The lowest BCUT2D eigenvalue weighted by atomic mass is 10.2. The molecule has 1 aliphatic heterocycles. The second-order valence-corrected chi connectivity index (χ2v) is 7.74. The summed E-state index contributed by atoms with van der Waals surface area (Å²) >= 11 is 0. The minimum absolute atomic E-state index is 0.100. The van der Waals surface area contributed by atoms with E-state index in [0.29, 0.717) is 24.7 Å². The minimum Gasteiger partial charge on any atom is -0.283 e. The number of aryl methyl sites for hydroxylation is 1. The van der Waals surface area contributed by atoms with Gasteiger partial charge < -0.3 is 0 Å². The fourth-order valence-electron chi connectivity index (χ4n) is 3.02. The van der Waals surface area contributed by atoms with Crippen molar-refractivity contribution in [3.63, 3.8) is 0 Å². The average Bonchev–Trinajstić information content (AvgIpc) is 3.30. The van der Waals surface area contributed by atoms with Crippen molar-refractivity contribution in [1.29, 1.82) is 5.26 Å². The highest BCUT2D eigenvalue weighted by atomic mass is 32.2. The van der Waals surface area contributed by atoms with E-state index in [1.54, 1.807) is 13.0 Å². The van der Waals surface area contributed by atoms with Crippen LogP contribution >= 0.6 is 0 Å². The molecule has 5 nitrogen and oxygen atoms in total. The van der Waals surface area contributed by atoms with Gasteiger partial charge in [-0.2, -0.15) is 9.57 Å². The highest BCUT2D eigenvalue weighted by Crippen LogP contribution is 2.32. The van der Waals surface area contributed by atoms with Crippen LogP contribution in [0.5, 0.6) is 0 Å². The molecule has 1 saturated heterocycles. The van der Waals surface area contributed by atoms with Crippen LogP contribution in [0.15, 0.2) is 23.1 Å². The Morgan fingerprint density at radius 3 is 2.64 bits per heavy atom. The Morgan fingerprint density at radius 1 is 1.32 bits per heavy atom. The molecule has 118 valence electrons. The summed E-state index contributed by atoms with van der Waals surface area (Å²) in [5.74, 6) is -0.738. The van der Waals surface area contributed by atoms with Crippen molar-refractivity contribution in [2.24, 2.45) is 0 Å². The number of sulfonamides is 1. The highest BCUT2D eigenvalue weighted by molar-refractivity contribution is 7.89. The smallest absolute Gasteiger partial charge is 0.246 e. The fraction of sp³-hybridized carbons (Fsp3) is 0.533. The standard InChI is InChI=1S/C15H18FN3O2S/c1-11-3-2-4-14(16)15(11)22(20,21)18-7-8-19(12-5-6-12)13(9-17)10-18/h2-4,12-13H,5-8,10H2,1H3. The van der Waals surface area contributed by atoms with Gasteiger partial charge in [-0.25, -0.2) is 12.8 Å². The minimum atomic E-state index is -3.91. The first-order valence-electron chi connectivity index (χ1n) is 7.36. The van der Waals surface area contributed by atoms with Crippen LogP contribution in [0.1, 0.15) is 18.4 Å². The zero-order valence-corrected chi connectivity index (χ0v) is 13.2. The molecule has 1 unspecified atom stereocenters. The van der Waals surface area contributed by atoms with Crippen molar-refractivity contribution in [3.05, 3.63) is 29.6 Å². The van der Waals surface area contributed by atoms with Crippen LogP contribution in [0, 0.1) is 24.1 Å². The number of halogens is 1. The molecule has 1 atom stereocenters. The Hall–Kier alpha value is -1.49. The van der Waals surface area contributed by atoms with Crippen molar-refractivity contribution in [2.75, 3.05) is 19.6 Å². The van der Waals surface area contributed by atoms with Crippen molar-refractivity contribution >= 4 is 10.0 Å². The van der Waals surface area contributed by atoms with Gasteiger partial charge in [0.1, 0.15) is 16.8 Å². The van der Waals surface area contributed by atoms with E-state index in [9.17, 15) is 18.1 Å². The topological polar surface area (TPSA) is 64.4 Å². The summed E-state index contributed by atoms with van der Waals surface area (Å²) in [4.78, 5) is 1.80. The molecule has 7 heteroatoms. The molecule has 2 aliphatic rings. The quantitative estimate of drug-likeness (QED) is 0.845. The van der Waals surface area contributed by atoms with E-state index in [2.05, 4.69) is 11.0 Å². The van der Waals surface area contributed by atoms with E-state index in [1.165, 1.54) is 10.4 Å². The summed E-state index contributed by atoms with van der Waals surface area (Å²) in [7, 11) is -3.91. The molecule has 1 aromatic rings. The molecule has 0 spiro atoms. The monoisotopic (exact) mass is 323 g/mol. The number of rotatable bonds is 3. The zero-order chi connectivity index (χ0) is 15.9. The molecule has 0 radical (unpaired) electrons. The van der Waals surface area contributed by atoms with E-state index < -0.39 is 21.9 Å². The molecule has 22 heavy (non-hydrogen) atoms. The van der Waals surface area contributed by atoms with Gasteiger partial charge in [-0.05, 0) is 31.4 Å². The van der Waals surface area contributed by atoms with Gasteiger partial charge in [-0.1, -0.05) is 12.1 Å². The first kappa shape index (κ1) is 15.4. The fourth-order valence-corrected chi connectivity index (χ4v) is 4.73. The highest BCUT2D eigenvalue weighted by Gasteiger charge is 2.41. The molecular formula is C15H18FN3O2S. The van der Waals surface area contributed by atoms with Gasteiger partial charge in [0.2, 0.25) is 10.0 Å². The number of hydrogen-bond acceptors (Lipinski definition) is 4. The Morgan fingerprint density at radius 2 is 2.05 bits per heavy atom. The van der Waals surface area contributed by atoms with Gasteiger partial charge in [0.25, 0.3) is 0 Å². The molecule has 1 aromatic carbocycles. The van der Waals surface area contributed by atoms with Crippen molar-refractivity contribution in [3.8, 4) is 6.07 Å². The van der Waals surface area contributed by atoms with Crippen LogP contribution in [-0.4, -0.2) is 49.3 Å². The zero-order valence-electron chi connectivity index (χ0n) is 12.4. The Bertz CT molecular complexity index is 705. The van der Waals surface area contributed by atoms with E-state index in [-0.39, 0.29) is 11.4 Å². The van der Waals surface area contributed by atoms with Crippen LogP contribution < -0.4 is 0 Å². The molecule has 0 amide bonds. The van der Waals surface area contributed by atoms with E-state index in [0.717, 1.165) is 18.9 Å². The molecule has 0 bridgehead atoms. The lowest BCUT2D eigenvalue weighted by Gasteiger charge is -2.37. The van der Waals surface area contributed by atoms with Gasteiger partial charge in [-0.3, -0.25) is 4.90 Å². The van der Waals surface area contributed by atoms with Crippen LogP contribution in [0.4, 0.5) is 4.39 Å². The van der Waals surface area contributed by atoms with Crippen LogP contribution in [0.2, 0.25) is 0 Å². The first-order valence-corrected chi connectivity index (χ1v) is 8.80. The van der Waals surface area contributed by atoms with Crippen molar-refractivity contribution < 1.29 is 12.8 Å². The third kappa shape index (κ3) is 2.62. The summed E-state index contributed by atoms with van der Waals surface area (Å²) < 4.78 is 40.7. The van der Waals surface area contributed by atoms with E-state index >= 15 is 0 Å². The summed E-state index contributed by atoms with van der Waals surface area (Å²) in [6.45, 7) is 2.50. The maximum atomic E-state index is 14.0. The summed E-state index contributed by atoms with van der Waals surface area (Å²) in [6, 6.07) is 6.37. The maximum Gasteiger partial charge on any atom is 0.246 e. The average molecular weight is 323 g/mol. The molecule has 0 aromatic heterocycles. The van der Waals surface area contributed by atoms with Gasteiger partial charge in [0, 0.05) is 25.7 Å². The molecule has 1 heterocycles. The number of benzene rings is 1. The third-order valence-corrected chi connectivity index (χ3v) is 6.36. The number of hydrogen-bond donors (Lipinski definition) is 0. The molecule has 1 saturated carbocycles. The summed E-state index contributed by atoms with van der Waals surface area (Å²) in [5.41, 5.74) is 0.387. The first-order chi connectivity index (χ1) is 10.4. The van der Waals surface area contributed by atoms with Crippen molar-refractivity contribution in [1.82, 2.24) is 9.21 Å². The summed E-state index contributed by atoms with van der Waals surface area (Å²) in [6.07, 6.45) is 2.13. The van der Waals surface area contributed by atoms with Crippen LogP contribution in [0.3, 0.4) is 0 Å². The molecule has 2 fully saturated rings. The molecular weight excluding hydrogens is 305 g/mol. The third-order valence-electron chi connectivity index (χ3n) is 4.31. The second-order valence-electron chi connectivity index (χ2n) is 5.86. The molecule has 1 aliphatic carbocycles. The molecule has 0 N–H and O–H groups in total. The van der Waals surface area contributed by atoms with E-state index in [1.807, 2.05) is 0 Å². The van der Waals surface area contributed by atoms with E-state index in [4.69, 9.17) is 0 Å². The maximum absolute atomic E-state index is 14.0. The van der Waals surface area contributed by atoms with Crippen LogP contribution in [0.25, 0.3) is 0 Å². The predicted molar refractivity (Wildman–Crippen MR) is 79.0 cm³/mol. The normalized spacial score (nSPS) is 24.1. The van der Waals surface area contributed by atoms with Crippen LogP contribution in [-0.2, 0) is 10.0 Å².